The number of likely N-dealkylation sites (tertiary alicyclic amines) is 1. The van der Waals surface area contributed by atoms with Crippen molar-refractivity contribution >= 4 is 11.6 Å². The first-order chi connectivity index (χ1) is 12.6. The van der Waals surface area contributed by atoms with Gasteiger partial charge < -0.3 is 19.7 Å². The summed E-state index contributed by atoms with van der Waals surface area (Å²) in [6.07, 6.45) is 5.70. The third kappa shape index (κ3) is 6.29. The molecule has 26 heavy (non-hydrogen) atoms. The Labute approximate surface area is 158 Å². The molecule has 1 aliphatic heterocycles. The fourth-order valence-electron chi connectivity index (χ4n) is 3.21. The molecule has 0 radical (unpaired) electrons. The van der Waals surface area contributed by atoms with Crippen LogP contribution in [0.25, 0.3) is 0 Å². The molecule has 2 rings (SSSR count). The minimum absolute atomic E-state index is 0.114. The summed E-state index contributed by atoms with van der Waals surface area (Å²) in [5, 5.41) is 2.93. The van der Waals surface area contributed by atoms with E-state index in [2.05, 4.69) is 10.2 Å². The molecule has 0 saturated carbocycles. The van der Waals surface area contributed by atoms with Crippen molar-refractivity contribution in [2.24, 2.45) is 0 Å². The largest absolute Gasteiger partial charge is 0.494 e. The fraction of sp³-hybridized carbons (Fsp3) is 0.667. The number of rotatable bonds is 10. The lowest BCUT2D eigenvalue weighted by Crippen LogP contribution is -2.42. The maximum absolute atomic E-state index is 12.4. The molecule has 0 aromatic heterocycles. The molecule has 1 fully saturated rings. The van der Waals surface area contributed by atoms with Crippen LogP contribution in [0.5, 0.6) is 5.75 Å². The molecule has 1 aromatic rings. The smallest absolute Gasteiger partial charge is 0.256 e. The number of benzene rings is 1. The zero-order valence-corrected chi connectivity index (χ0v) is 16.6. The SMILES string of the molecule is CCO[C@](C)(CC)C(=O)Nc1ccc(OCCCN2CCCCC2)cc1. The molecule has 146 valence electrons. The molecule has 1 atom stereocenters. The van der Waals surface area contributed by atoms with Gasteiger partial charge in [-0.2, -0.15) is 0 Å². The van der Waals surface area contributed by atoms with Gasteiger partial charge in [-0.05, 0) is 76.9 Å². The molecule has 1 aromatic carbocycles. The van der Waals surface area contributed by atoms with Gasteiger partial charge >= 0.3 is 0 Å². The van der Waals surface area contributed by atoms with Crippen molar-refractivity contribution in [3.05, 3.63) is 24.3 Å². The average molecular weight is 363 g/mol. The van der Waals surface area contributed by atoms with Crippen LogP contribution in [0.15, 0.2) is 24.3 Å². The molecule has 0 aliphatic carbocycles. The van der Waals surface area contributed by atoms with Crippen molar-refractivity contribution in [1.29, 1.82) is 0 Å². The van der Waals surface area contributed by atoms with E-state index >= 15 is 0 Å². The average Bonchev–Trinajstić information content (AvgIpc) is 2.67. The van der Waals surface area contributed by atoms with Crippen LogP contribution in [-0.4, -0.2) is 49.3 Å². The molecule has 1 heterocycles. The van der Waals surface area contributed by atoms with Crippen LogP contribution >= 0.6 is 0 Å². The van der Waals surface area contributed by atoms with E-state index in [4.69, 9.17) is 9.47 Å². The molecule has 1 aliphatic rings. The Balaban J connectivity index is 1.74. The van der Waals surface area contributed by atoms with Gasteiger partial charge in [0.1, 0.15) is 11.4 Å². The van der Waals surface area contributed by atoms with Crippen molar-refractivity contribution in [2.75, 3.05) is 38.2 Å². The number of hydrogen-bond donors (Lipinski definition) is 1. The predicted octanol–water partition coefficient (Wildman–Crippen LogP) is 4.09. The number of carbonyl (C=O) groups is 1. The summed E-state index contributed by atoms with van der Waals surface area (Å²) in [5.41, 5.74) is -0.0340. The first-order valence-electron chi connectivity index (χ1n) is 9.98. The Hall–Kier alpha value is -1.59. The monoisotopic (exact) mass is 362 g/mol. The third-order valence-electron chi connectivity index (χ3n) is 5.07. The van der Waals surface area contributed by atoms with Crippen LogP contribution in [0.1, 0.15) is 52.9 Å². The Morgan fingerprint density at radius 3 is 2.46 bits per heavy atom. The Morgan fingerprint density at radius 1 is 1.15 bits per heavy atom. The number of hydrogen-bond acceptors (Lipinski definition) is 4. The highest BCUT2D eigenvalue weighted by Gasteiger charge is 2.31. The lowest BCUT2D eigenvalue weighted by atomic mass is 10.0. The Morgan fingerprint density at radius 2 is 1.85 bits per heavy atom. The molecular weight excluding hydrogens is 328 g/mol. The molecule has 0 unspecified atom stereocenters. The third-order valence-corrected chi connectivity index (χ3v) is 5.07. The van der Waals surface area contributed by atoms with E-state index in [-0.39, 0.29) is 5.91 Å². The molecule has 1 N–H and O–H groups in total. The summed E-state index contributed by atoms with van der Waals surface area (Å²) in [5.74, 6) is 0.724. The van der Waals surface area contributed by atoms with Crippen molar-refractivity contribution < 1.29 is 14.3 Å². The maximum Gasteiger partial charge on any atom is 0.256 e. The highest BCUT2D eigenvalue weighted by atomic mass is 16.5. The van der Waals surface area contributed by atoms with Crippen molar-refractivity contribution in [3.63, 3.8) is 0 Å². The van der Waals surface area contributed by atoms with Crippen LogP contribution in [-0.2, 0) is 9.53 Å². The number of nitrogens with zero attached hydrogens (tertiary/aromatic N) is 1. The number of piperidine rings is 1. The number of anilines is 1. The quantitative estimate of drug-likeness (QED) is 0.637. The van der Waals surface area contributed by atoms with Crippen molar-refractivity contribution in [1.82, 2.24) is 4.90 Å². The number of nitrogens with one attached hydrogen (secondary N) is 1. The lowest BCUT2D eigenvalue weighted by molar-refractivity contribution is -0.139. The van der Waals surface area contributed by atoms with Crippen LogP contribution in [0.3, 0.4) is 0 Å². The summed E-state index contributed by atoms with van der Waals surface area (Å²) < 4.78 is 11.4. The summed E-state index contributed by atoms with van der Waals surface area (Å²) in [4.78, 5) is 15.0. The van der Waals surface area contributed by atoms with Crippen LogP contribution in [0, 0.1) is 0 Å². The van der Waals surface area contributed by atoms with Crippen LogP contribution in [0.2, 0.25) is 0 Å². The minimum atomic E-state index is -0.793. The Kier molecular flexibility index (Phi) is 8.39. The zero-order valence-electron chi connectivity index (χ0n) is 16.6. The molecule has 5 nitrogen and oxygen atoms in total. The van der Waals surface area contributed by atoms with E-state index in [0.29, 0.717) is 13.0 Å². The van der Waals surface area contributed by atoms with E-state index in [1.54, 1.807) is 0 Å². The number of ether oxygens (including phenoxy) is 2. The van der Waals surface area contributed by atoms with Crippen molar-refractivity contribution in [3.8, 4) is 5.75 Å². The van der Waals surface area contributed by atoms with Crippen LogP contribution in [0.4, 0.5) is 5.69 Å². The van der Waals surface area contributed by atoms with Gasteiger partial charge in [-0.15, -0.1) is 0 Å². The number of amides is 1. The van der Waals surface area contributed by atoms with E-state index in [1.807, 2.05) is 45.0 Å². The highest BCUT2D eigenvalue weighted by molar-refractivity contribution is 5.97. The second kappa shape index (κ2) is 10.5. The first kappa shape index (κ1) is 20.7. The van der Waals surface area contributed by atoms with Gasteiger partial charge in [0.25, 0.3) is 5.91 Å². The molecule has 1 amide bonds. The van der Waals surface area contributed by atoms with E-state index in [9.17, 15) is 4.79 Å². The minimum Gasteiger partial charge on any atom is -0.494 e. The van der Waals surface area contributed by atoms with Gasteiger partial charge in [-0.25, -0.2) is 0 Å². The zero-order chi connectivity index (χ0) is 18.8. The second-order valence-corrected chi connectivity index (χ2v) is 7.10. The molecule has 5 heteroatoms. The number of carbonyl (C=O) groups excluding carboxylic acids is 1. The van der Waals surface area contributed by atoms with Gasteiger partial charge in [-0.3, -0.25) is 4.79 Å². The standard InChI is InChI=1S/C21H34N2O3/c1-4-21(3,26-5-2)20(24)22-18-10-12-19(13-11-18)25-17-9-16-23-14-7-6-8-15-23/h10-13H,4-9,14-17H2,1-3H3,(H,22,24)/t21-/m1/s1. The van der Waals surface area contributed by atoms with Gasteiger partial charge in [0.15, 0.2) is 0 Å². The summed E-state index contributed by atoms with van der Waals surface area (Å²) in [7, 11) is 0. The molecule has 0 spiro atoms. The summed E-state index contributed by atoms with van der Waals surface area (Å²) >= 11 is 0. The van der Waals surface area contributed by atoms with Gasteiger partial charge in [0.05, 0.1) is 6.61 Å². The van der Waals surface area contributed by atoms with Crippen molar-refractivity contribution in [2.45, 2.75) is 58.5 Å². The fourth-order valence-corrected chi connectivity index (χ4v) is 3.21. The summed E-state index contributed by atoms with van der Waals surface area (Å²) in [6.45, 7) is 10.5. The predicted molar refractivity (Wildman–Crippen MR) is 106 cm³/mol. The second-order valence-electron chi connectivity index (χ2n) is 7.10. The highest BCUT2D eigenvalue weighted by Crippen LogP contribution is 2.21. The lowest BCUT2D eigenvalue weighted by Gasteiger charge is -2.26. The van der Waals surface area contributed by atoms with Crippen LogP contribution < -0.4 is 10.1 Å². The maximum atomic E-state index is 12.4. The van der Waals surface area contributed by atoms with Gasteiger partial charge in [0.2, 0.25) is 0 Å². The van der Waals surface area contributed by atoms with E-state index in [1.165, 1.54) is 32.4 Å². The van der Waals surface area contributed by atoms with Gasteiger partial charge in [0, 0.05) is 18.8 Å². The normalized spacial score (nSPS) is 17.5. The topological polar surface area (TPSA) is 50.8 Å². The molecular formula is C21H34N2O3. The van der Waals surface area contributed by atoms with E-state index < -0.39 is 5.60 Å². The Bertz CT molecular complexity index is 541. The van der Waals surface area contributed by atoms with Gasteiger partial charge in [-0.1, -0.05) is 13.3 Å². The summed E-state index contributed by atoms with van der Waals surface area (Å²) in [6, 6.07) is 7.56. The molecule has 1 saturated heterocycles. The first-order valence-corrected chi connectivity index (χ1v) is 9.98. The molecule has 0 bridgehead atoms. The van der Waals surface area contributed by atoms with E-state index in [0.717, 1.165) is 31.0 Å².